The molecule has 1 amide bonds. The van der Waals surface area contributed by atoms with Gasteiger partial charge in [0.2, 0.25) is 0 Å². The topological polar surface area (TPSA) is 38.9 Å². The van der Waals surface area contributed by atoms with Crippen LogP contribution in [0.2, 0.25) is 0 Å². The lowest BCUT2D eigenvalue weighted by atomic mass is 10.1. The van der Waals surface area contributed by atoms with Crippen LogP contribution in [0.4, 0.5) is 0 Å². The van der Waals surface area contributed by atoms with Crippen LogP contribution in [0.5, 0.6) is 0 Å². The van der Waals surface area contributed by atoms with Crippen LogP contribution in [0, 0.1) is 0 Å². The van der Waals surface area contributed by atoms with Crippen LogP contribution < -0.4 is 9.88 Å². The number of benzene rings is 1. The van der Waals surface area contributed by atoms with Gasteiger partial charge in [0.05, 0.1) is 31.7 Å². The van der Waals surface area contributed by atoms with Gasteiger partial charge in [0.15, 0.2) is 12.4 Å². The number of hydrogen-bond acceptors (Lipinski definition) is 1. The summed E-state index contributed by atoms with van der Waals surface area (Å²) in [7, 11) is 0. The maximum Gasteiger partial charge on any atom is 0.254 e. The highest BCUT2D eigenvalue weighted by Crippen LogP contribution is 2.04. The van der Waals surface area contributed by atoms with Gasteiger partial charge in [0, 0.05) is 11.6 Å². The number of carbonyl (C=O) groups excluding carboxylic acids is 1. The Hall–Kier alpha value is -2.20. The average Bonchev–Trinajstić information content (AvgIpc) is 2.57. The van der Waals surface area contributed by atoms with Crippen molar-refractivity contribution in [2.75, 3.05) is 26.2 Å². The molecular weight excluding hydrogens is 262 g/mol. The van der Waals surface area contributed by atoms with Crippen LogP contribution in [0.15, 0.2) is 54.9 Å². The van der Waals surface area contributed by atoms with E-state index in [0.29, 0.717) is 0 Å². The highest BCUT2D eigenvalue weighted by molar-refractivity contribution is 5.94. The van der Waals surface area contributed by atoms with Crippen molar-refractivity contribution in [3.05, 3.63) is 66.0 Å². The molecule has 0 bridgehead atoms. The summed E-state index contributed by atoms with van der Waals surface area (Å²) in [5.74, 6) is 0.155. The van der Waals surface area contributed by atoms with Crippen molar-refractivity contribution >= 4 is 5.91 Å². The van der Waals surface area contributed by atoms with E-state index in [1.807, 2.05) is 47.5 Å². The zero-order valence-corrected chi connectivity index (χ0v) is 12.1. The summed E-state index contributed by atoms with van der Waals surface area (Å²) in [5.41, 5.74) is 2.11. The summed E-state index contributed by atoms with van der Waals surface area (Å²) in [5, 5.41) is 0. The zero-order valence-electron chi connectivity index (χ0n) is 12.1. The van der Waals surface area contributed by atoms with Gasteiger partial charge in [-0.25, -0.2) is 4.98 Å². The van der Waals surface area contributed by atoms with Crippen molar-refractivity contribution in [3.63, 3.8) is 0 Å². The Bertz CT molecular complexity index is 577. The van der Waals surface area contributed by atoms with Crippen molar-refractivity contribution in [2.24, 2.45) is 0 Å². The van der Waals surface area contributed by atoms with Crippen LogP contribution in [0.3, 0.4) is 0 Å². The molecule has 1 saturated heterocycles. The lowest BCUT2D eigenvalue weighted by molar-refractivity contribution is -0.917. The minimum absolute atomic E-state index is 0.155. The summed E-state index contributed by atoms with van der Waals surface area (Å²) >= 11 is 0. The number of rotatable bonds is 3. The van der Waals surface area contributed by atoms with Gasteiger partial charge in [-0.15, -0.1) is 0 Å². The first-order valence-corrected chi connectivity index (χ1v) is 7.46. The molecule has 2 N–H and O–H groups in total. The molecule has 0 atom stereocenters. The predicted octanol–water partition coefficient (Wildman–Crippen LogP) is 0.0416. The van der Waals surface area contributed by atoms with Gasteiger partial charge in [0.25, 0.3) is 5.91 Å². The van der Waals surface area contributed by atoms with Crippen LogP contribution in [0.1, 0.15) is 15.9 Å². The third-order valence-corrected chi connectivity index (χ3v) is 4.00. The molecule has 1 aromatic carbocycles. The van der Waals surface area contributed by atoms with Crippen LogP contribution >= 0.6 is 0 Å². The molecule has 0 aliphatic carbocycles. The van der Waals surface area contributed by atoms with Crippen molar-refractivity contribution in [1.29, 1.82) is 0 Å². The minimum atomic E-state index is 0.155. The number of nitrogens with zero attached hydrogens (tertiary/aromatic N) is 1. The maximum absolute atomic E-state index is 12.4. The number of aromatic nitrogens is 1. The SMILES string of the molecule is O=C(c1ccccc1)N1CC[NH+](Cc2ccc[nH+]c2)CC1. The number of hydrogen-bond donors (Lipinski definition) is 1. The summed E-state index contributed by atoms with van der Waals surface area (Å²) < 4.78 is 0. The third-order valence-electron chi connectivity index (χ3n) is 4.00. The van der Waals surface area contributed by atoms with Crippen LogP contribution in [-0.4, -0.2) is 37.0 Å². The first-order chi connectivity index (χ1) is 10.3. The molecule has 0 radical (unpaired) electrons. The van der Waals surface area contributed by atoms with E-state index in [4.69, 9.17) is 0 Å². The Balaban J connectivity index is 1.54. The second kappa shape index (κ2) is 6.50. The summed E-state index contributed by atoms with van der Waals surface area (Å²) in [6.07, 6.45) is 3.98. The highest BCUT2D eigenvalue weighted by atomic mass is 16.2. The number of amides is 1. The molecule has 3 rings (SSSR count). The molecule has 2 heterocycles. The van der Waals surface area contributed by atoms with E-state index >= 15 is 0 Å². The third kappa shape index (κ3) is 3.47. The highest BCUT2D eigenvalue weighted by Gasteiger charge is 2.24. The molecule has 1 aromatic heterocycles. The summed E-state index contributed by atoms with van der Waals surface area (Å²) in [6.45, 7) is 4.70. The second-order valence-corrected chi connectivity index (χ2v) is 5.50. The maximum atomic E-state index is 12.4. The smallest absolute Gasteiger partial charge is 0.254 e. The molecule has 108 valence electrons. The fourth-order valence-corrected chi connectivity index (χ4v) is 2.80. The number of piperazine rings is 1. The van der Waals surface area contributed by atoms with Gasteiger partial charge in [-0.2, -0.15) is 0 Å². The van der Waals surface area contributed by atoms with Crippen molar-refractivity contribution in [1.82, 2.24) is 4.90 Å². The number of quaternary nitrogens is 1. The fourth-order valence-electron chi connectivity index (χ4n) is 2.80. The molecule has 0 unspecified atom stereocenters. The second-order valence-electron chi connectivity index (χ2n) is 5.50. The predicted molar refractivity (Wildman–Crippen MR) is 79.7 cm³/mol. The molecule has 2 aromatic rings. The van der Waals surface area contributed by atoms with E-state index in [1.54, 1.807) is 0 Å². The Morgan fingerprint density at radius 2 is 1.86 bits per heavy atom. The molecule has 1 fully saturated rings. The number of aromatic amines is 1. The lowest BCUT2D eigenvalue weighted by Crippen LogP contribution is -3.13. The van der Waals surface area contributed by atoms with E-state index in [0.717, 1.165) is 38.3 Å². The van der Waals surface area contributed by atoms with Gasteiger partial charge in [-0.05, 0) is 18.2 Å². The van der Waals surface area contributed by atoms with Crippen molar-refractivity contribution < 1.29 is 14.7 Å². The van der Waals surface area contributed by atoms with E-state index in [1.165, 1.54) is 10.5 Å². The number of carbonyl (C=O) groups is 1. The Morgan fingerprint density at radius 1 is 1.10 bits per heavy atom. The largest absolute Gasteiger partial charge is 0.328 e. The molecule has 1 aliphatic rings. The minimum Gasteiger partial charge on any atom is -0.328 e. The van der Waals surface area contributed by atoms with Gasteiger partial charge in [0.1, 0.15) is 6.54 Å². The molecular formula is C17H21N3O+2. The van der Waals surface area contributed by atoms with Gasteiger partial charge in [-0.1, -0.05) is 18.2 Å². The monoisotopic (exact) mass is 283 g/mol. The molecule has 1 aliphatic heterocycles. The Kier molecular flexibility index (Phi) is 4.26. The van der Waals surface area contributed by atoms with E-state index < -0.39 is 0 Å². The average molecular weight is 283 g/mol. The fraction of sp³-hybridized carbons (Fsp3) is 0.294. The molecule has 0 saturated carbocycles. The molecule has 4 nitrogen and oxygen atoms in total. The van der Waals surface area contributed by atoms with Crippen LogP contribution in [-0.2, 0) is 6.54 Å². The van der Waals surface area contributed by atoms with E-state index in [-0.39, 0.29) is 5.91 Å². The first kappa shape index (κ1) is 13.8. The molecule has 0 spiro atoms. The summed E-state index contributed by atoms with van der Waals surface area (Å²) in [6, 6.07) is 13.7. The number of pyridine rings is 1. The zero-order chi connectivity index (χ0) is 14.5. The van der Waals surface area contributed by atoms with E-state index in [9.17, 15) is 4.79 Å². The standard InChI is InChI=1S/C17H19N3O/c21-17(16-6-2-1-3-7-16)20-11-9-19(10-12-20)14-15-5-4-8-18-13-15/h1-8,13H,9-12,14H2/p+2. The van der Waals surface area contributed by atoms with Crippen molar-refractivity contribution in [3.8, 4) is 0 Å². The number of nitrogens with one attached hydrogen (secondary N) is 2. The van der Waals surface area contributed by atoms with Crippen molar-refractivity contribution in [2.45, 2.75) is 6.54 Å². The van der Waals surface area contributed by atoms with Crippen LogP contribution in [0.25, 0.3) is 0 Å². The van der Waals surface area contributed by atoms with E-state index in [2.05, 4.69) is 17.2 Å². The van der Waals surface area contributed by atoms with Gasteiger partial charge >= 0.3 is 0 Å². The van der Waals surface area contributed by atoms with Gasteiger partial charge in [-0.3, -0.25) is 4.79 Å². The number of H-pyrrole nitrogens is 1. The Morgan fingerprint density at radius 3 is 2.52 bits per heavy atom. The first-order valence-electron chi connectivity index (χ1n) is 7.46. The molecule has 21 heavy (non-hydrogen) atoms. The summed E-state index contributed by atoms with van der Waals surface area (Å²) in [4.78, 5) is 19.0. The Labute approximate surface area is 125 Å². The quantitative estimate of drug-likeness (QED) is 0.849. The lowest BCUT2D eigenvalue weighted by Gasteiger charge is -2.32. The van der Waals surface area contributed by atoms with Gasteiger partial charge < -0.3 is 9.80 Å². The normalized spacial score (nSPS) is 15.9. The molecule has 4 heteroatoms.